The van der Waals surface area contributed by atoms with E-state index in [1.54, 1.807) is 0 Å². The second-order valence-electron chi connectivity index (χ2n) is 4.20. The van der Waals surface area contributed by atoms with Crippen molar-refractivity contribution in [3.05, 3.63) is 29.3 Å². The van der Waals surface area contributed by atoms with E-state index in [4.69, 9.17) is 12.2 Å². The van der Waals surface area contributed by atoms with E-state index >= 15 is 0 Å². The Morgan fingerprint density at radius 2 is 1.94 bits per heavy atom. The number of hydrogen-bond donors (Lipinski definition) is 3. The van der Waals surface area contributed by atoms with Crippen LogP contribution in [0.3, 0.4) is 0 Å². The van der Waals surface area contributed by atoms with Crippen molar-refractivity contribution in [2.45, 2.75) is 33.7 Å². The van der Waals surface area contributed by atoms with E-state index < -0.39 is 0 Å². The molecule has 0 aliphatic heterocycles. The van der Waals surface area contributed by atoms with Crippen LogP contribution in [0.5, 0.6) is 0 Å². The highest BCUT2D eigenvalue weighted by molar-refractivity contribution is 7.80. The van der Waals surface area contributed by atoms with Gasteiger partial charge in [-0.1, -0.05) is 12.1 Å². The first-order valence-corrected chi connectivity index (χ1v) is 5.79. The Morgan fingerprint density at radius 3 is 2.56 bits per heavy atom. The van der Waals surface area contributed by atoms with Crippen LogP contribution in [-0.2, 0) is 0 Å². The highest BCUT2D eigenvalue weighted by Crippen LogP contribution is 2.14. The van der Waals surface area contributed by atoms with Crippen molar-refractivity contribution in [1.29, 1.82) is 0 Å². The fraction of sp³-hybridized carbons (Fsp3) is 0.417. The summed E-state index contributed by atoms with van der Waals surface area (Å²) in [5.41, 5.74) is 9.53. The average molecular weight is 237 g/mol. The third kappa shape index (κ3) is 4.06. The molecular weight excluding hydrogens is 218 g/mol. The van der Waals surface area contributed by atoms with Gasteiger partial charge in [-0.25, -0.2) is 0 Å². The summed E-state index contributed by atoms with van der Waals surface area (Å²) in [6, 6.07) is 6.59. The van der Waals surface area contributed by atoms with Gasteiger partial charge in [-0.2, -0.15) is 0 Å². The molecule has 0 aliphatic carbocycles. The Bertz CT molecular complexity index is 375. The molecule has 88 valence electrons. The molecule has 4 heteroatoms. The first-order valence-electron chi connectivity index (χ1n) is 5.39. The fourth-order valence-electron chi connectivity index (χ4n) is 1.29. The lowest BCUT2D eigenvalue weighted by molar-refractivity contribution is 0.724. The molecule has 16 heavy (non-hydrogen) atoms. The van der Waals surface area contributed by atoms with Crippen LogP contribution in [0.2, 0.25) is 0 Å². The topological polar surface area (TPSA) is 36.1 Å². The molecule has 0 radical (unpaired) electrons. The third-order valence-electron chi connectivity index (χ3n) is 2.12. The van der Waals surface area contributed by atoms with Gasteiger partial charge in [0.1, 0.15) is 0 Å². The molecule has 0 bridgehead atoms. The highest BCUT2D eigenvalue weighted by atomic mass is 32.1. The monoisotopic (exact) mass is 237 g/mol. The van der Waals surface area contributed by atoms with E-state index in [-0.39, 0.29) is 0 Å². The average Bonchev–Trinajstić information content (AvgIpc) is 2.18. The number of benzene rings is 1. The van der Waals surface area contributed by atoms with Crippen LogP contribution in [-0.4, -0.2) is 11.2 Å². The normalized spacial score (nSPS) is 10.1. The van der Waals surface area contributed by atoms with Crippen molar-refractivity contribution in [3.63, 3.8) is 0 Å². The van der Waals surface area contributed by atoms with Crippen molar-refractivity contribution in [3.8, 4) is 0 Å². The van der Waals surface area contributed by atoms with Crippen molar-refractivity contribution in [1.82, 2.24) is 10.7 Å². The predicted octanol–water partition coefficient (Wildman–Crippen LogP) is 2.50. The molecule has 0 fully saturated rings. The van der Waals surface area contributed by atoms with Gasteiger partial charge in [-0.15, -0.1) is 0 Å². The quantitative estimate of drug-likeness (QED) is 0.557. The smallest absolute Gasteiger partial charge is 0.185 e. The van der Waals surface area contributed by atoms with Crippen molar-refractivity contribution in [2.75, 3.05) is 5.43 Å². The Hall–Kier alpha value is -1.29. The lowest BCUT2D eigenvalue weighted by Crippen LogP contribution is -2.42. The Balaban J connectivity index is 2.54. The van der Waals surface area contributed by atoms with Gasteiger partial charge in [0.2, 0.25) is 0 Å². The van der Waals surface area contributed by atoms with Crippen molar-refractivity contribution >= 4 is 23.0 Å². The van der Waals surface area contributed by atoms with Crippen molar-refractivity contribution < 1.29 is 0 Å². The first kappa shape index (κ1) is 12.8. The minimum absolute atomic E-state index is 0.334. The van der Waals surface area contributed by atoms with Gasteiger partial charge in [-0.3, -0.25) is 10.9 Å². The van der Waals surface area contributed by atoms with Crippen LogP contribution in [0.4, 0.5) is 5.69 Å². The van der Waals surface area contributed by atoms with Crippen LogP contribution < -0.4 is 16.2 Å². The zero-order valence-corrected chi connectivity index (χ0v) is 11.0. The summed E-state index contributed by atoms with van der Waals surface area (Å²) in [5, 5.41) is 3.71. The number of hydrogen-bond acceptors (Lipinski definition) is 2. The van der Waals surface area contributed by atoms with Crippen molar-refractivity contribution in [2.24, 2.45) is 0 Å². The van der Waals surface area contributed by atoms with Crippen LogP contribution in [0, 0.1) is 13.8 Å². The van der Waals surface area contributed by atoms with E-state index in [0.717, 1.165) is 5.69 Å². The lowest BCUT2D eigenvalue weighted by Gasteiger charge is -2.16. The maximum atomic E-state index is 5.12. The Labute approximate surface area is 103 Å². The SMILES string of the molecule is Cc1ccc(C)c(NNC(=S)NC(C)C)c1. The van der Waals surface area contributed by atoms with Gasteiger partial charge in [0.15, 0.2) is 5.11 Å². The van der Waals surface area contributed by atoms with E-state index in [1.807, 2.05) is 13.8 Å². The molecule has 1 rings (SSSR count). The summed E-state index contributed by atoms with van der Waals surface area (Å²) in [4.78, 5) is 0. The minimum atomic E-state index is 0.334. The van der Waals surface area contributed by atoms with Crippen LogP contribution in [0.25, 0.3) is 0 Å². The standard InChI is InChI=1S/C12H19N3S/c1-8(2)13-12(16)15-14-11-7-9(3)5-6-10(11)4/h5-8,14H,1-4H3,(H2,13,15,16). The molecule has 0 atom stereocenters. The second kappa shape index (κ2) is 5.70. The first-order chi connectivity index (χ1) is 7.49. The van der Waals surface area contributed by atoms with E-state index in [2.05, 4.69) is 48.2 Å². The number of rotatable bonds is 3. The highest BCUT2D eigenvalue weighted by Gasteiger charge is 2.00. The summed E-state index contributed by atoms with van der Waals surface area (Å²) in [7, 11) is 0. The van der Waals surface area contributed by atoms with E-state index in [0.29, 0.717) is 11.2 Å². The van der Waals surface area contributed by atoms with E-state index in [9.17, 15) is 0 Å². The van der Waals surface area contributed by atoms with Crippen LogP contribution in [0.1, 0.15) is 25.0 Å². The van der Waals surface area contributed by atoms with Gasteiger partial charge in [-0.05, 0) is 57.1 Å². The van der Waals surface area contributed by atoms with Gasteiger partial charge in [0.25, 0.3) is 0 Å². The van der Waals surface area contributed by atoms with Gasteiger partial charge in [0, 0.05) is 6.04 Å². The molecule has 1 aromatic rings. The molecule has 1 aromatic carbocycles. The molecule has 0 unspecified atom stereocenters. The van der Waals surface area contributed by atoms with Gasteiger partial charge < -0.3 is 5.32 Å². The third-order valence-corrected chi connectivity index (χ3v) is 2.34. The Morgan fingerprint density at radius 1 is 1.25 bits per heavy atom. The number of nitrogens with one attached hydrogen (secondary N) is 3. The fourth-order valence-corrected chi connectivity index (χ4v) is 1.58. The minimum Gasteiger partial charge on any atom is -0.359 e. The second-order valence-corrected chi connectivity index (χ2v) is 4.60. The molecular formula is C12H19N3S. The van der Waals surface area contributed by atoms with Gasteiger partial charge >= 0.3 is 0 Å². The zero-order chi connectivity index (χ0) is 12.1. The molecule has 0 aliphatic rings. The molecule has 3 N–H and O–H groups in total. The maximum Gasteiger partial charge on any atom is 0.185 e. The summed E-state index contributed by atoms with van der Waals surface area (Å²) >= 11 is 5.12. The van der Waals surface area contributed by atoms with Crippen LogP contribution in [0.15, 0.2) is 18.2 Å². The molecule has 0 saturated heterocycles. The number of hydrazine groups is 1. The summed E-state index contributed by atoms with van der Waals surface area (Å²) in [5.74, 6) is 0. The predicted molar refractivity (Wildman–Crippen MR) is 73.5 cm³/mol. The molecule has 3 nitrogen and oxygen atoms in total. The number of thiocarbonyl (C=S) groups is 1. The summed E-state index contributed by atoms with van der Waals surface area (Å²) in [6.45, 7) is 8.22. The van der Waals surface area contributed by atoms with Crippen LogP contribution >= 0.6 is 12.2 Å². The molecule has 0 amide bonds. The molecule has 0 spiro atoms. The molecule has 0 saturated carbocycles. The van der Waals surface area contributed by atoms with E-state index in [1.165, 1.54) is 11.1 Å². The largest absolute Gasteiger partial charge is 0.359 e. The molecule has 0 aromatic heterocycles. The summed E-state index contributed by atoms with van der Waals surface area (Å²) in [6.07, 6.45) is 0. The number of aryl methyl sites for hydroxylation is 2. The van der Waals surface area contributed by atoms with Gasteiger partial charge in [0.05, 0.1) is 5.69 Å². The molecule has 0 heterocycles. The maximum absolute atomic E-state index is 5.12. The summed E-state index contributed by atoms with van der Waals surface area (Å²) < 4.78 is 0. The number of anilines is 1. The Kier molecular flexibility index (Phi) is 4.55. The lowest BCUT2D eigenvalue weighted by atomic mass is 10.1. The zero-order valence-electron chi connectivity index (χ0n) is 10.2.